The van der Waals surface area contributed by atoms with Crippen LogP contribution >= 0.6 is 7.60 Å². The van der Waals surface area contributed by atoms with Crippen molar-refractivity contribution < 1.29 is 22.8 Å². The van der Waals surface area contributed by atoms with Crippen LogP contribution in [0.1, 0.15) is 11.7 Å². The van der Waals surface area contributed by atoms with Crippen molar-refractivity contribution in [3.8, 4) is 0 Å². The molecule has 1 N–H and O–H groups in total. The Bertz CT molecular complexity index is 436. The van der Waals surface area contributed by atoms with Gasteiger partial charge in [0.05, 0.1) is 12.2 Å². The second-order valence-electron chi connectivity index (χ2n) is 3.72. The largest absolute Gasteiger partial charge is 0.469 e. The molecule has 2 atom stereocenters. The minimum Gasteiger partial charge on any atom is -0.469 e. The summed E-state index contributed by atoms with van der Waals surface area (Å²) in [5.74, 6) is -0.0654. The summed E-state index contributed by atoms with van der Waals surface area (Å²) in [6.45, 7) is 0.369. The Balaban J connectivity index is 2.35. The van der Waals surface area contributed by atoms with Gasteiger partial charge in [0.15, 0.2) is 5.66 Å². The van der Waals surface area contributed by atoms with Crippen molar-refractivity contribution in [1.29, 1.82) is 0 Å². The van der Waals surface area contributed by atoms with Crippen LogP contribution in [-0.2, 0) is 18.4 Å². The van der Waals surface area contributed by atoms with E-state index in [-0.39, 0.29) is 11.8 Å². The van der Waals surface area contributed by atoms with Crippen LogP contribution in [0.3, 0.4) is 0 Å². The summed E-state index contributed by atoms with van der Waals surface area (Å²) < 4.78 is 27.4. The Hall–Kier alpha value is -1.10. The van der Waals surface area contributed by atoms with E-state index in [4.69, 9.17) is 13.5 Å². The average molecular weight is 259 g/mol. The monoisotopic (exact) mass is 259 g/mol. The Kier molecular flexibility index (Phi) is 3.38. The average Bonchev–Trinajstić information content (AvgIpc) is 2.97. The number of rotatable bonds is 4. The maximum absolute atomic E-state index is 12.3. The van der Waals surface area contributed by atoms with Gasteiger partial charge in [0.2, 0.25) is 5.91 Å². The fourth-order valence-corrected chi connectivity index (χ4v) is 3.71. The molecular weight excluding hydrogens is 245 g/mol. The maximum atomic E-state index is 12.3. The summed E-state index contributed by atoms with van der Waals surface area (Å²) in [6.07, 6.45) is 1.51. The molecule has 7 heteroatoms. The molecule has 94 valence electrons. The second kappa shape index (κ2) is 4.64. The minimum absolute atomic E-state index is 0.330. The van der Waals surface area contributed by atoms with Gasteiger partial charge in [-0.2, -0.15) is 0 Å². The highest BCUT2D eigenvalue weighted by molar-refractivity contribution is 7.55. The topological polar surface area (TPSA) is 77.8 Å². The van der Waals surface area contributed by atoms with Crippen LogP contribution < -0.4 is 5.32 Å². The van der Waals surface area contributed by atoms with Crippen molar-refractivity contribution in [2.75, 3.05) is 20.8 Å². The van der Waals surface area contributed by atoms with Crippen LogP contribution in [-0.4, -0.2) is 32.3 Å². The van der Waals surface area contributed by atoms with Crippen LogP contribution in [0.15, 0.2) is 22.8 Å². The molecule has 1 aliphatic rings. The highest BCUT2D eigenvalue weighted by Crippen LogP contribution is 2.57. The molecule has 0 bridgehead atoms. The van der Waals surface area contributed by atoms with Crippen LogP contribution in [0.25, 0.3) is 0 Å². The molecule has 0 saturated carbocycles. The van der Waals surface area contributed by atoms with Gasteiger partial charge in [0, 0.05) is 20.8 Å². The van der Waals surface area contributed by atoms with Gasteiger partial charge in [0.25, 0.3) is 0 Å². The zero-order valence-electron chi connectivity index (χ0n) is 9.58. The number of nitrogens with one attached hydrogen (secondary N) is 1. The molecule has 2 heterocycles. The van der Waals surface area contributed by atoms with E-state index < -0.39 is 13.3 Å². The number of carbonyl (C=O) groups is 1. The summed E-state index contributed by atoms with van der Waals surface area (Å²) in [6, 6.07) is 3.47. The lowest BCUT2D eigenvalue weighted by molar-refractivity contribution is -0.119. The van der Waals surface area contributed by atoms with Crippen LogP contribution in [0.4, 0.5) is 0 Å². The number of amides is 1. The van der Waals surface area contributed by atoms with Gasteiger partial charge in [-0.15, -0.1) is 0 Å². The first-order valence-electron chi connectivity index (χ1n) is 5.14. The molecular formula is C10H14NO5P. The summed E-state index contributed by atoms with van der Waals surface area (Å²) in [4.78, 5) is 11.8. The first-order chi connectivity index (χ1) is 8.12. The summed E-state index contributed by atoms with van der Waals surface area (Å²) >= 11 is 0. The maximum Gasteiger partial charge on any atom is 0.343 e. The smallest absolute Gasteiger partial charge is 0.343 e. The number of hydrogen-bond donors (Lipinski definition) is 1. The zero-order chi connectivity index (χ0) is 12.5. The van der Waals surface area contributed by atoms with Gasteiger partial charge in [-0.25, -0.2) is 0 Å². The fraction of sp³-hybridized carbons (Fsp3) is 0.500. The number of hydrogen-bond acceptors (Lipinski definition) is 5. The molecule has 1 aromatic rings. The van der Waals surface area contributed by atoms with Crippen molar-refractivity contribution >= 4 is 13.5 Å². The van der Waals surface area contributed by atoms with Gasteiger partial charge in [-0.3, -0.25) is 9.36 Å². The first kappa shape index (κ1) is 12.4. The van der Waals surface area contributed by atoms with E-state index in [0.29, 0.717) is 12.3 Å². The predicted molar refractivity (Wildman–Crippen MR) is 59.9 cm³/mol. The van der Waals surface area contributed by atoms with Gasteiger partial charge in [-0.1, -0.05) is 0 Å². The van der Waals surface area contributed by atoms with E-state index in [1.165, 1.54) is 20.5 Å². The molecule has 1 saturated heterocycles. The lowest BCUT2D eigenvalue weighted by Crippen LogP contribution is -2.26. The Morgan fingerprint density at radius 2 is 2.18 bits per heavy atom. The fourth-order valence-electron chi connectivity index (χ4n) is 2.03. The lowest BCUT2D eigenvalue weighted by atomic mass is 10.1. The Morgan fingerprint density at radius 1 is 1.47 bits per heavy atom. The molecule has 17 heavy (non-hydrogen) atoms. The van der Waals surface area contributed by atoms with Gasteiger partial charge in [0.1, 0.15) is 5.76 Å². The van der Waals surface area contributed by atoms with E-state index in [2.05, 4.69) is 5.32 Å². The minimum atomic E-state index is -3.45. The highest BCUT2D eigenvalue weighted by atomic mass is 31.2. The van der Waals surface area contributed by atoms with Crippen molar-refractivity contribution in [3.63, 3.8) is 0 Å². The summed E-state index contributed by atoms with van der Waals surface area (Å²) in [5, 5.41) is 2.65. The van der Waals surface area contributed by atoms with Crippen molar-refractivity contribution in [2.45, 2.75) is 11.6 Å². The van der Waals surface area contributed by atoms with E-state index in [0.717, 1.165) is 0 Å². The second-order valence-corrected chi connectivity index (χ2v) is 6.08. The van der Waals surface area contributed by atoms with Crippen LogP contribution in [0.2, 0.25) is 0 Å². The van der Waals surface area contributed by atoms with Crippen molar-refractivity contribution in [1.82, 2.24) is 5.32 Å². The normalized spacial score (nSPS) is 24.9. The Labute approximate surface area is 98.8 Å². The Morgan fingerprint density at radius 3 is 2.71 bits per heavy atom. The quantitative estimate of drug-likeness (QED) is 0.826. The molecule has 6 nitrogen and oxygen atoms in total. The van der Waals surface area contributed by atoms with E-state index >= 15 is 0 Å². The molecule has 0 spiro atoms. The van der Waals surface area contributed by atoms with E-state index in [1.54, 1.807) is 12.1 Å². The third-order valence-corrected chi connectivity index (χ3v) is 5.20. The molecule has 1 amide bonds. The van der Waals surface area contributed by atoms with Crippen LogP contribution in [0.5, 0.6) is 0 Å². The number of carbonyl (C=O) groups excluding carboxylic acids is 1. The standard InChI is InChI=1S/C10H14NO5P/c1-14-17(13,15-2)9-7(6-11-10(9)12)8-4-3-5-16-8/h3-5,7,9H,6H2,1-2H3,(H,11,12). The van der Waals surface area contributed by atoms with E-state index in [1.807, 2.05) is 0 Å². The third-order valence-electron chi connectivity index (χ3n) is 2.90. The molecule has 1 aliphatic heterocycles. The van der Waals surface area contributed by atoms with Gasteiger partial charge < -0.3 is 18.8 Å². The molecule has 0 aromatic carbocycles. The summed E-state index contributed by atoms with van der Waals surface area (Å²) in [7, 11) is -0.908. The molecule has 0 aliphatic carbocycles. The zero-order valence-corrected chi connectivity index (χ0v) is 10.5. The van der Waals surface area contributed by atoms with Gasteiger partial charge in [-0.05, 0) is 12.1 Å². The highest BCUT2D eigenvalue weighted by Gasteiger charge is 2.50. The third kappa shape index (κ3) is 2.04. The number of furan rings is 1. The first-order valence-corrected chi connectivity index (χ1v) is 6.76. The van der Waals surface area contributed by atoms with Crippen molar-refractivity contribution in [3.05, 3.63) is 24.2 Å². The predicted octanol–water partition coefficient (Wildman–Crippen LogP) is 1.35. The summed E-state index contributed by atoms with van der Waals surface area (Å²) in [5.41, 5.74) is -0.858. The lowest BCUT2D eigenvalue weighted by Gasteiger charge is -2.22. The SMILES string of the molecule is COP(=O)(OC)C1C(=O)NCC1c1ccco1. The van der Waals surface area contributed by atoms with Crippen molar-refractivity contribution in [2.24, 2.45) is 0 Å². The molecule has 0 radical (unpaired) electrons. The molecule has 2 unspecified atom stereocenters. The molecule has 1 fully saturated rings. The molecule has 2 rings (SSSR count). The van der Waals surface area contributed by atoms with E-state index in [9.17, 15) is 9.36 Å². The van der Waals surface area contributed by atoms with Crippen LogP contribution in [0, 0.1) is 0 Å². The van der Waals surface area contributed by atoms with Gasteiger partial charge >= 0.3 is 7.60 Å². The molecule has 1 aromatic heterocycles.